The molecule has 1 aromatic heterocycles. The summed E-state index contributed by atoms with van der Waals surface area (Å²) in [7, 11) is -6.65. The van der Waals surface area contributed by atoms with Crippen molar-refractivity contribution in [2.24, 2.45) is 0 Å². The van der Waals surface area contributed by atoms with Gasteiger partial charge in [0.05, 0.1) is 25.3 Å². The van der Waals surface area contributed by atoms with E-state index in [-0.39, 0.29) is 25.3 Å². The maximum absolute atomic E-state index is 13.4. The quantitative estimate of drug-likeness (QED) is 0.200. The second-order valence-electron chi connectivity index (χ2n) is 6.73. The molecule has 0 saturated heterocycles. The van der Waals surface area contributed by atoms with Gasteiger partial charge in [-0.05, 0) is 40.0 Å². The van der Waals surface area contributed by atoms with Crippen LogP contribution in [0.25, 0.3) is 0 Å². The first kappa shape index (κ1) is 24.8. The zero-order valence-electron chi connectivity index (χ0n) is 17.2. The molecule has 1 atom stereocenters. The third-order valence-electron chi connectivity index (χ3n) is 4.09. The Balaban J connectivity index is 3.39. The number of hydrogen-bond donors (Lipinski definition) is 1. The standard InChI is InChI=1S/C17H31N3O6P2/c1-6-9-10-18-17-14(11-15(13-19-17)20(21)22)12-16(27(4,5)23)28(24,25-7-2)26-8-3/h11,13,16H,6-10,12H2,1-5H3,(H,18,19). The lowest BCUT2D eigenvalue weighted by atomic mass is 10.2. The van der Waals surface area contributed by atoms with E-state index in [0.717, 1.165) is 12.8 Å². The minimum atomic E-state index is -3.70. The maximum atomic E-state index is 13.4. The first-order chi connectivity index (χ1) is 13.1. The molecule has 0 aliphatic rings. The van der Waals surface area contributed by atoms with Gasteiger partial charge in [-0.3, -0.25) is 14.7 Å². The van der Waals surface area contributed by atoms with Crippen molar-refractivity contribution in [1.82, 2.24) is 4.98 Å². The van der Waals surface area contributed by atoms with Gasteiger partial charge in [-0.2, -0.15) is 0 Å². The van der Waals surface area contributed by atoms with E-state index < -0.39 is 25.1 Å². The van der Waals surface area contributed by atoms with Gasteiger partial charge in [0.25, 0.3) is 5.69 Å². The Kier molecular flexibility index (Phi) is 9.78. The van der Waals surface area contributed by atoms with Gasteiger partial charge in [0.15, 0.2) is 0 Å². The average Bonchev–Trinajstić information content (AvgIpc) is 2.59. The van der Waals surface area contributed by atoms with Crippen molar-refractivity contribution in [3.63, 3.8) is 0 Å². The number of pyridine rings is 1. The summed E-state index contributed by atoms with van der Waals surface area (Å²) in [5.74, 6) is 0.456. The second-order valence-corrected chi connectivity index (χ2v) is 12.9. The van der Waals surface area contributed by atoms with Gasteiger partial charge in [0.1, 0.15) is 17.4 Å². The van der Waals surface area contributed by atoms with E-state index in [4.69, 9.17) is 9.05 Å². The third kappa shape index (κ3) is 6.96. The van der Waals surface area contributed by atoms with Crippen LogP contribution in [0.1, 0.15) is 39.2 Å². The molecule has 1 heterocycles. The molecule has 0 aliphatic heterocycles. The number of hydrogen-bond acceptors (Lipinski definition) is 8. The predicted octanol–water partition coefficient (Wildman–Crippen LogP) is 4.96. The van der Waals surface area contributed by atoms with Crippen molar-refractivity contribution >= 4 is 26.2 Å². The molecule has 28 heavy (non-hydrogen) atoms. The average molecular weight is 435 g/mol. The Hall–Kier alpha value is -1.27. The van der Waals surface area contributed by atoms with Crippen molar-refractivity contribution in [3.8, 4) is 0 Å². The lowest BCUT2D eigenvalue weighted by molar-refractivity contribution is -0.385. The van der Waals surface area contributed by atoms with Crippen LogP contribution in [0.3, 0.4) is 0 Å². The molecule has 1 aromatic rings. The Morgan fingerprint density at radius 1 is 1.21 bits per heavy atom. The number of anilines is 1. The Bertz CT molecular complexity index is 742. The second kappa shape index (κ2) is 11.1. The molecular weight excluding hydrogens is 404 g/mol. The largest absolute Gasteiger partial charge is 0.370 e. The van der Waals surface area contributed by atoms with E-state index >= 15 is 0 Å². The number of unbranched alkanes of at least 4 members (excludes halogenated alkanes) is 1. The Labute approximate surface area is 166 Å². The van der Waals surface area contributed by atoms with Gasteiger partial charge < -0.3 is 18.9 Å². The van der Waals surface area contributed by atoms with Crippen LogP contribution in [0.4, 0.5) is 11.5 Å². The number of nitro groups is 1. The molecule has 0 aliphatic carbocycles. The fourth-order valence-corrected chi connectivity index (χ4v) is 8.05. The predicted molar refractivity (Wildman–Crippen MR) is 112 cm³/mol. The molecule has 0 saturated carbocycles. The molecule has 0 fully saturated rings. The van der Waals surface area contributed by atoms with Gasteiger partial charge in [-0.1, -0.05) is 13.3 Å². The van der Waals surface area contributed by atoms with Crippen LogP contribution < -0.4 is 5.32 Å². The molecule has 1 unspecified atom stereocenters. The fourth-order valence-electron chi connectivity index (χ4n) is 2.73. The van der Waals surface area contributed by atoms with E-state index in [2.05, 4.69) is 10.3 Å². The topological polar surface area (TPSA) is 121 Å². The number of nitrogens with zero attached hydrogens (tertiary/aromatic N) is 2. The molecule has 160 valence electrons. The summed E-state index contributed by atoms with van der Waals surface area (Å²) in [4.78, 5) is 14.8. The van der Waals surface area contributed by atoms with E-state index in [1.54, 1.807) is 13.8 Å². The Morgan fingerprint density at radius 2 is 1.82 bits per heavy atom. The molecule has 9 nitrogen and oxygen atoms in total. The lowest BCUT2D eigenvalue weighted by Crippen LogP contribution is -2.18. The molecule has 0 aromatic carbocycles. The van der Waals surface area contributed by atoms with Gasteiger partial charge in [0, 0.05) is 18.2 Å². The highest BCUT2D eigenvalue weighted by atomic mass is 31.2. The molecule has 0 bridgehead atoms. The van der Waals surface area contributed by atoms with Crippen LogP contribution in [0, 0.1) is 10.1 Å². The summed E-state index contributed by atoms with van der Waals surface area (Å²) < 4.78 is 37.2. The van der Waals surface area contributed by atoms with Crippen LogP contribution in [0.5, 0.6) is 0 Å². The van der Waals surface area contributed by atoms with Crippen LogP contribution in [0.15, 0.2) is 12.3 Å². The highest BCUT2D eigenvalue weighted by Crippen LogP contribution is 2.67. The summed E-state index contributed by atoms with van der Waals surface area (Å²) in [6, 6.07) is 1.38. The van der Waals surface area contributed by atoms with Crippen LogP contribution in [0.2, 0.25) is 0 Å². The SMILES string of the molecule is CCCCNc1ncc([N+](=O)[O-])cc1CC(P(C)(C)=O)P(=O)(OCC)OCC. The van der Waals surface area contributed by atoms with E-state index in [0.29, 0.717) is 17.9 Å². The minimum Gasteiger partial charge on any atom is -0.370 e. The maximum Gasteiger partial charge on any atom is 0.341 e. The first-order valence-corrected chi connectivity index (χ1v) is 13.7. The van der Waals surface area contributed by atoms with Crippen molar-refractivity contribution in [2.45, 2.75) is 45.4 Å². The zero-order chi connectivity index (χ0) is 21.4. The van der Waals surface area contributed by atoms with Crippen LogP contribution >= 0.6 is 14.7 Å². The van der Waals surface area contributed by atoms with Gasteiger partial charge in [-0.25, -0.2) is 4.98 Å². The minimum absolute atomic E-state index is 0.0324. The molecule has 0 radical (unpaired) electrons. The summed E-state index contributed by atoms with van der Waals surface area (Å²) in [6.07, 6.45) is 3.08. The Morgan fingerprint density at radius 3 is 2.29 bits per heavy atom. The van der Waals surface area contributed by atoms with Crippen molar-refractivity contribution in [2.75, 3.05) is 38.4 Å². The van der Waals surface area contributed by atoms with E-state index in [1.807, 2.05) is 6.92 Å². The monoisotopic (exact) mass is 435 g/mol. The number of rotatable bonds is 13. The molecule has 1 N–H and O–H groups in total. The fraction of sp³-hybridized carbons (Fsp3) is 0.706. The first-order valence-electron chi connectivity index (χ1n) is 9.39. The van der Waals surface area contributed by atoms with Gasteiger partial charge >= 0.3 is 7.60 Å². The highest BCUT2D eigenvalue weighted by Gasteiger charge is 2.44. The molecule has 0 amide bonds. The van der Waals surface area contributed by atoms with Crippen LogP contribution in [-0.2, 0) is 24.6 Å². The van der Waals surface area contributed by atoms with Gasteiger partial charge in [0.2, 0.25) is 0 Å². The summed E-state index contributed by atoms with van der Waals surface area (Å²) in [5.41, 5.74) is 0.290. The van der Waals surface area contributed by atoms with E-state index in [1.165, 1.54) is 25.6 Å². The summed E-state index contributed by atoms with van der Waals surface area (Å²) in [6.45, 7) is 9.40. The number of nitrogens with one attached hydrogen (secondary N) is 1. The molecule has 11 heteroatoms. The summed E-state index contributed by atoms with van der Waals surface area (Å²) >= 11 is 0. The molecule has 1 rings (SSSR count). The lowest BCUT2D eigenvalue weighted by Gasteiger charge is -2.29. The van der Waals surface area contributed by atoms with Crippen LogP contribution in [-0.4, -0.2) is 48.4 Å². The molecular formula is C17H31N3O6P2. The normalized spacial score (nSPS) is 13.3. The van der Waals surface area contributed by atoms with Crippen molar-refractivity contribution in [1.29, 1.82) is 0 Å². The highest BCUT2D eigenvalue weighted by molar-refractivity contribution is 7.77. The van der Waals surface area contributed by atoms with E-state index in [9.17, 15) is 19.2 Å². The summed E-state index contributed by atoms with van der Waals surface area (Å²) in [5, 5.41) is 13.4. The van der Waals surface area contributed by atoms with Gasteiger partial charge in [-0.15, -0.1) is 0 Å². The third-order valence-corrected chi connectivity index (χ3v) is 10.4. The zero-order valence-corrected chi connectivity index (χ0v) is 19.0. The smallest absolute Gasteiger partial charge is 0.341 e. The van der Waals surface area contributed by atoms with Crippen molar-refractivity contribution in [3.05, 3.63) is 27.9 Å². The number of aromatic nitrogens is 1. The van der Waals surface area contributed by atoms with Crippen molar-refractivity contribution < 1.29 is 23.1 Å². The molecule has 0 spiro atoms.